The van der Waals surface area contributed by atoms with E-state index in [-0.39, 0.29) is 18.5 Å². The fourth-order valence-corrected chi connectivity index (χ4v) is 4.07. The summed E-state index contributed by atoms with van der Waals surface area (Å²) < 4.78 is 3.52. The molecule has 0 aliphatic heterocycles. The van der Waals surface area contributed by atoms with Gasteiger partial charge in [0.2, 0.25) is 5.91 Å². The molecule has 7 nitrogen and oxygen atoms in total. The van der Waals surface area contributed by atoms with Gasteiger partial charge in [-0.05, 0) is 44.4 Å². The lowest BCUT2D eigenvalue weighted by molar-refractivity contribution is -0.122. The Labute approximate surface area is 167 Å². The third-order valence-corrected chi connectivity index (χ3v) is 5.60. The Balaban J connectivity index is 1.56. The molecule has 4 heterocycles. The highest BCUT2D eigenvalue weighted by Gasteiger charge is 2.18. The van der Waals surface area contributed by atoms with Crippen molar-refractivity contribution in [2.45, 2.75) is 39.9 Å². The molecule has 4 aromatic rings. The summed E-state index contributed by atoms with van der Waals surface area (Å²) in [6.07, 6.45) is 3.69. The van der Waals surface area contributed by atoms with E-state index in [1.807, 2.05) is 49.8 Å². The van der Waals surface area contributed by atoms with Crippen molar-refractivity contribution >= 4 is 28.3 Å². The van der Waals surface area contributed by atoms with E-state index in [0.29, 0.717) is 0 Å². The number of hydrogen-bond donors (Lipinski definition) is 1. The minimum absolute atomic E-state index is 0.115. The number of amides is 1. The molecule has 0 spiro atoms. The molecule has 0 radical (unpaired) electrons. The summed E-state index contributed by atoms with van der Waals surface area (Å²) in [7, 11) is 0. The van der Waals surface area contributed by atoms with Gasteiger partial charge in [0, 0.05) is 29.4 Å². The predicted octanol–water partition coefficient (Wildman–Crippen LogP) is 3.56. The summed E-state index contributed by atoms with van der Waals surface area (Å²) >= 11 is 1.68. The first-order chi connectivity index (χ1) is 13.6. The second-order valence-electron chi connectivity index (χ2n) is 6.66. The Kier molecular flexibility index (Phi) is 4.95. The van der Waals surface area contributed by atoms with Gasteiger partial charge in [0.1, 0.15) is 6.54 Å². The second-order valence-corrected chi connectivity index (χ2v) is 7.61. The third-order valence-electron chi connectivity index (χ3n) is 4.69. The number of fused-ring (bicyclic) bond motifs is 1. The SMILES string of the molecule is CCn1ccc(C(C)NC(=O)Cn2nc(C)c3c(-c4cccs4)ccnc32)n1. The van der Waals surface area contributed by atoms with Gasteiger partial charge in [0.15, 0.2) is 5.65 Å². The average Bonchev–Trinajstić information content (AvgIpc) is 3.42. The number of aryl methyl sites for hydroxylation is 2. The summed E-state index contributed by atoms with van der Waals surface area (Å²) in [4.78, 5) is 18.3. The molecule has 0 fully saturated rings. The lowest BCUT2D eigenvalue weighted by atomic mass is 10.1. The minimum Gasteiger partial charge on any atom is -0.346 e. The van der Waals surface area contributed by atoms with E-state index in [9.17, 15) is 4.79 Å². The normalized spacial score (nSPS) is 12.4. The van der Waals surface area contributed by atoms with Gasteiger partial charge in [0.05, 0.1) is 22.8 Å². The maximum atomic E-state index is 12.6. The van der Waals surface area contributed by atoms with Gasteiger partial charge in [-0.15, -0.1) is 11.3 Å². The molecular formula is C20H22N6OS. The molecule has 0 bridgehead atoms. The fourth-order valence-electron chi connectivity index (χ4n) is 3.31. The zero-order chi connectivity index (χ0) is 19.7. The summed E-state index contributed by atoms with van der Waals surface area (Å²) in [5.74, 6) is -0.119. The molecule has 4 rings (SSSR count). The molecule has 1 unspecified atom stereocenters. The topological polar surface area (TPSA) is 77.6 Å². The van der Waals surface area contributed by atoms with Crippen molar-refractivity contribution in [2.24, 2.45) is 0 Å². The Hall–Kier alpha value is -3.00. The Bertz CT molecular complexity index is 1110. The lowest BCUT2D eigenvalue weighted by Gasteiger charge is -2.12. The molecule has 1 N–H and O–H groups in total. The van der Waals surface area contributed by atoms with Crippen molar-refractivity contribution in [3.63, 3.8) is 0 Å². The zero-order valence-corrected chi connectivity index (χ0v) is 16.9. The van der Waals surface area contributed by atoms with Gasteiger partial charge in [-0.25, -0.2) is 9.67 Å². The number of aromatic nitrogens is 5. The van der Waals surface area contributed by atoms with Crippen molar-refractivity contribution in [1.82, 2.24) is 29.9 Å². The van der Waals surface area contributed by atoms with Gasteiger partial charge in [-0.1, -0.05) is 6.07 Å². The molecule has 0 saturated heterocycles. The zero-order valence-electron chi connectivity index (χ0n) is 16.1. The summed E-state index contributed by atoms with van der Waals surface area (Å²) in [6, 6.07) is 7.87. The summed E-state index contributed by atoms with van der Waals surface area (Å²) in [6.45, 7) is 6.83. The standard InChI is InChI=1S/C20H22N6OS/c1-4-25-10-8-16(24-25)13(2)22-18(27)12-26-20-19(14(3)23-26)15(7-9-21-20)17-6-5-11-28-17/h5-11,13H,4,12H2,1-3H3,(H,22,27). The van der Waals surface area contributed by atoms with Crippen LogP contribution in [0, 0.1) is 6.92 Å². The molecule has 1 amide bonds. The molecular weight excluding hydrogens is 372 g/mol. The van der Waals surface area contributed by atoms with Gasteiger partial charge in [-0.2, -0.15) is 10.2 Å². The quantitative estimate of drug-likeness (QED) is 0.542. The summed E-state index contributed by atoms with van der Waals surface area (Å²) in [5, 5.41) is 15.1. The summed E-state index contributed by atoms with van der Waals surface area (Å²) in [5.41, 5.74) is 3.54. The highest BCUT2D eigenvalue weighted by Crippen LogP contribution is 2.32. The van der Waals surface area contributed by atoms with Crippen molar-refractivity contribution < 1.29 is 4.79 Å². The minimum atomic E-state index is -0.169. The number of pyridine rings is 1. The van der Waals surface area contributed by atoms with E-state index in [4.69, 9.17) is 0 Å². The van der Waals surface area contributed by atoms with Crippen molar-refractivity contribution in [2.75, 3.05) is 0 Å². The van der Waals surface area contributed by atoms with Crippen LogP contribution < -0.4 is 5.32 Å². The maximum absolute atomic E-state index is 12.6. The average molecular weight is 395 g/mol. The van der Waals surface area contributed by atoms with E-state index < -0.39 is 0 Å². The highest BCUT2D eigenvalue weighted by molar-refractivity contribution is 7.13. The number of nitrogens with zero attached hydrogens (tertiary/aromatic N) is 5. The molecule has 0 aliphatic carbocycles. The molecule has 28 heavy (non-hydrogen) atoms. The number of nitrogens with one attached hydrogen (secondary N) is 1. The van der Waals surface area contributed by atoms with Gasteiger partial charge >= 0.3 is 0 Å². The molecule has 0 aromatic carbocycles. The molecule has 1 atom stereocenters. The van der Waals surface area contributed by atoms with Crippen molar-refractivity contribution in [1.29, 1.82) is 0 Å². The Morgan fingerprint density at radius 3 is 2.86 bits per heavy atom. The molecule has 0 saturated carbocycles. The second kappa shape index (κ2) is 7.55. The fraction of sp³-hybridized carbons (Fsp3) is 0.300. The molecule has 0 aliphatic rings. The van der Waals surface area contributed by atoms with Crippen LogP contribution in [0.25, 0.3) is 21.5 Å². The smallest absolute Gasteiger partial charge is 0.242 e. The van der Waals surface area contributed by atoms with Crippen LogP contribution in [0.15, 0.2) is 42.0 Å². The van der Waals surface area contributed by atoms with Gasteiger partial charge in [0.25, 0.3) is 0 Å². The highest BCUT2D eigenvalue weighted by atomic mass is 32.1. The first-order valence-corrected chi connectivity index (χ1v) is 10.1. The largest absolute Gasteiger partial charge is 0.346 e. The van der Waals surface area contributed by atoms with E-state index in [0.717, 1.165) is 34.5 Å². The van der Waals surface area contributed by atoms with Crippen LogP contribution >= 0.6 is 11.3 Å². The van der Waals surface area contributed by atoms with Crippen LogP contribution in [0.2, 0.25) is 0 Å². The van der Waals surface area contributed by atoms with Crippen LogP contribution in [0.5, 0.6) is 0 Å². The first-order valence-electron chi connectivity index (χ1n) is 9.25. The molecule has 4 aromatic heterocycles. The third kappa shape index (κ3) is 3.43. The van der Waals surface area contributed by atoms with Crippen LogP contribution in [-0.4, -0.2) is 30.5 Å². The van der Waals surface area contributed by atoms with Gasteiger partial charge < -0.3 is 5.32 Å². The first kappa shape index (κ1) is 18.4. The predicted molar refractivity (Wildman–Crippen MR) is 110 cm³/mol. The number of thiophene rings is 1. The van der Waals surface area contributed by atoms with Crippen LogP contribution in [0.3, 0.4) is 0 Å². The number of rotatable bonds is 6. The number of carbonyl (C=O) groups is 1. The van der Waals surface area contributed by atoms with E-state index in [1.54, 1.807) is 22.2 Å². The molecule has 144 valence electrons. The van der Waals surface area contributed by atoms with Crippen molar-refractivity contribution in [3.8, 4) is 10.4 Å². The van der Waals surface area contributed by atoms with Crippen LogP contribution in [0.1, 0.15) is 31.3 Å². The van der Waals surface area contributed by atoms with E-state index in [1.165, 1.54) is 4.88 Å². The van der Waals surface area contributed by atoms with Crippen LogP contribution in [-0.2, 0) is 17.9 Å². The Morgan fingerprint density at radius 1 is 1.29 bits per heavy atom. The van der Waals surface area contributed by atoms with Crippen molar-refractivity contribution in [3.05, 3.63) is 53.4 Å². The van der Waals surface area contributed by atoms with E-state index >= 15 is 0 Å². The molecule has 8 heteroatoms. The van der Waals surface area contributed by atoms with E-state index in [2.05, 4.69) is 31.9 Å². The van der Waals surface area contributed by atoms with Crippen LogP contribution in [0.4, 0.5) is 0 Å². The van der Waals surface area contributed by atoms with Gasteiger partial charge in [-0.3, -0.25) is 9.48 Å². The Morgan fingerprint density at radius 2 is 2.14 bits per heavy atom. The lowest BCUT2D eigenvalue weighted by Crippen LogP contribution is -2.30. The number of hydrogen-bond acceptors (Lipinski definition) is 5. The number of carbonyl (C=O) groups excluding carboxylic acids is 1. The monoisotopic (exact) mass is 394 g/mol. The maximum Gasteiger partial charge on any atom is 0.242 e.